The average molecular weight is 207 g/mol. The lowest BCUT2D eigenvalue weighted by molar-refractivity contribution is 0.304. The van der Waals surface area contributed by atoms with Gasteiger partial charge in [-0.3, -0.25) is 0 Å². The van der Waals surface area contributed by atoms with Crippen LogP contribution in [0.1, 0.15) is 25.7 Å². The number of nitrogens with zero attached hydrogens (tertiary/aromatic N) is 2. The number of hydrogen-bond donors (Lipinski definition) is 2. The van der Waals surface area contributed by atoms with Crippen LogP contribution in [0.15, 0.2) is 28.3 Å². The molecule has 0 spiro atoms. The van der Waals surface area contributed by atoms with Gasteiger partial charge in [-0.2, -0.15) is 0 Å². The Morgan fingerprint density at radius 1 is 1.33 bits per heavy atom. The number of allylic oxidation sites excluding steroid dienone is 1. The van der Waals surface area contributed by atoms with Crippen molar-refractivity contribution >= 4 is 6.21 Å². The van der Waals surface area contributed by atoms with E-state index in [0.717, 1.165) is 18.7 Å². The van der Waals surface area contributed by atoms with E-state index < -0.39 is 0 Å². The molecule has 0 atom stereocenters. The number of aliphatic hydroxyl groups excluding tert-OH is 1. The molecule has 1 fully saturated rings. The zero-order chi connectivity index (χ0) is 10.7. The van der Waals surface area contributed by atoms with Crippen LogP contribution in [0.3, 0.4) is 0 Å². The van der Waals surface area contributed by atoms with E-state index in [0.29, 0.717) is 6.42 Å². The molecule has 82 valence electrons. The average Bonchev–Trinajstić information content (AvgIpc) is 2.26. The summed E-state index contributed by atoms with van der Waals surface area (Å²) in [6.45, 7) is 2.15. The van der Waals surface area contributed by atoms with E-state index in [1.54, 1.807) is 6.21 Å². The SMILES string of the molecule is NC1=C(O)C(=CN2CCCCC2)CC=N1. The van der Waals surface area contributed by atoms with Crippen molar-refractivity contribution in [1.82, 2.24) is 4.90 Å². The molecule has 2 aliphatic heterocycles. The Balaban J connectivity index is 2.09. The first-order chi connectivity index (χ1) is 7.27. The Morgan fingerprint density at radius 3 is 2.80 bits per heavy atom. The third kappa shape index (κ3) is 2.32. The molecule has 15 heavy (non-hydrogen) atoms. The molecule has 0 aromatic rings. The molecule has 1 saturated heterocycles. The van der Waals surface area contributed by atoms with Crippen LogP contribution in [0.4, 0.5) is 0 Å². The van der Waals surface area contributed by atoms with E-state index in [4.69, 9.17) is 5.73 Å². The third-order valence-corrected chi connectivity index (χ3v) is 2.82. The highest BCUT2D eigenvalue weighted by molar-refractivity contribution is 5.67. The molecule has 3 N–H and O–H groups in total. The summed E-state index contributed by atoms with van der Waals surface area (Å²) in [5, 5.41) is 9.71. The smallest absolute Gasteiger partial charge is 0.165 e. The van der Waals surface area contributed by atoms with Gasteiger partial charge in [0.25, 0.3) is 0 Å². The summed E-state index contributed by atoms with van der Waals surface area (Å²) in [6, 6.07) is 0. The number of rotatable bonds is 1. The normalized spacial score (nSPS) is 25.1. The number of aliphatic imine (C=N–C) groups is 1. The fourth-order valence-electron chi connectivity index (χ4n) is 1.95. The van der Waals surface area contributed by atoms with Crippen LogP contribution in [0.25, 0.3) is 0 Å². The van der Waals surface area contributed by atoms with Crippen molar-refractivity contribution in [1.29, 1.82) is 0 Å². The van der Waals surface area contributed by atoms with E-state index in [1.807, 2.05) is 6.20 Å². The first-order valence-corrected chi connectivity index (χ1v) is 5.44. The summed E-state index contributed by atoms with van der Waals surface area (Å²) in [5.41, 5.74) is 6.43. The lowest BCUT2D eigenvalue weighted by Crippen LogP contribution is -2.25. The molecular weight excluding hydrogens is 190 g/mol. The molecular formula is C11H17N3O. The molecule has 0 bridgehead atoms. The Bertz CT molecular complexity index is 325. The maximum Gasteiger partial charge on any atom is 0.165 e. The highest BCUT2D eigenvalue weighted by Crippen LogP contribution is 2.19. The largest absolute Gasteiger partial charge is 0.504 e. The monoisotopic (exact) mass is 207 g/mol. The summed E-state index contributed by atoms with van der Waals surface area (Å²) >= 11 is 0. The molecule has 4 heteroatoms. The van der Waals surface area contributed by atoms with Gasteiger partial charge in [-0.25, -0.2) is 4.99 Å². The van der Waals surface area contributed by atoms with Gasteiger partial charge in [0.2, 0.25) is 0 Å². The lowest BCUT2D eigenvalue weighted by atomic mass is 10.1. The lowest BCUT2D eigenvalue weighted by Gasteiger charge is -2.26. The summed E-state index contributed by atoms with van der Waals surface area (Å²) in [4.78, 5) is 6.13. The molecule has 0 aromatic carbocycles. The number of hydrogen-bond acceptors (Lipinski definition) is 4. The minimum atomic E-state index is 0.142. The van der Waals surface area contributed by atoms with E-state index in [1.165, 1.54) is 19.3 Å². The molecule has 0 aliphatic carbocycles. The molecule has 0 aromatic heterocycles. The molecule has 2 heterocycles. The number of aliphatic hydroxyl groups is 1. The van der Waals surface area contributed by atoms with Gasteiger partial charge in [-0.05, 0) is 19.3 Å². The number of piperidine rings is 1. The zero-order valence-corrected chi connectivity index (χ0v) is 8.82. The second-order valence-electron chi connectivity index (χ2n) is 4.00. The fourth-order valence-corrected chi connectivity index (χ4v) is 1.95. The van der Waals surface area contributed by atoms with Gasteiger partial charge in [-0.1, -0.05) is 0 Å². The molecule has 2 rings (SSSR count). The molecule has 4 nitrogen and oxygen atoms in total. The van der Waals surface area contributed by atoms with Gasteiger partial charge in [0.15, 0.2) is 11.6 Å². The van der Waals surface area contributed by atoms with Crippen molar-refractivity contribution in [3.63, 3.8) is 0 Å². The molecule has 0 saturated carbocycles. The van der Waals surface area contributed by atoms with E-state index >= 15 is 0 Å². The van der Waals surface area contributed by atoms with Crippen molar-refractivity contribution in [2.24, 2.45) is 10.7 Å². The van der Waals surface area contributed by atoms with Gasteiger partial charge in [0.05, 0.1) is 0 Å². The van der Waals surface area contributed by atoms with Crippen LogP contribution in [0, 0.1) is 0 Å². The Labute approximate surface area is 89.8 Å². The van der Waals surface area contributed by atoms with Crippen molar-refractivity contribution in [2.45, 2.75) is 25.7 Å². The minimum Gasteiger partial charge on any atom is -0.504 e. The van der Waals surface area contributed by atoms with Crippen LogP contribution in [-0.4, -0.2) is 29.3 Å². The van der Waals surface area contributed by atoms with Crippen molar-refractivity contribution < 1.29 is 5.11 Å². The third-order valence-electron chi connectivity index (χ3n) is 2.82. The van der Waals surface area contributed by atoms with Gasteiger partial charge in [0, 0.05) is 37.5 Å². The highest BCUT2D eigenvalue weighted by atomic mass is 16.3. The maximum atomic E-state index is 9.71. The van der Waals surface area contributed by atoms with Crippen molar-refractivity contribution in [3.8, 4) is 0 Å². The Kier molecular flexibility index (Phi) is 2.94. The fraction of sp³-hybridized carbons (Fsp3) is 0.545. The van der Waals surface area contributed by atoms with Crippen LogP contribution >= 0.6 is 0 Å². The Hall–Kier alpha value is -1.45. The summed E-state index contributed by atoms with van der Waals surface area (Å²) in [6.07, 6.45) is 8.21. The van der Waals surface area contributed by atoms with Crippen LogP contribution < -0.4 is 5.73 Å². The first-order valence-electron chi connectivity index (χ1n) is 5.44. The number of likely N-dealkylation sites (tertiary alicyclic amines) is 1. The number of nitrogens with two attached hydrogens (primary N) is 1. The predicted octanol–water partition coefficient (Wildman–Crippen LogP) is 1.52. The summed E-state index contributed by atoms with van der Waals surface area (Å²) in [7, 11) is 0. The van der Waals surface area contributed by atoms with Crippen molar-refractivity contribution in [2.75, 3.05) is 13.1 Å². The molecule has 2 aliphatic rings. The highest BCUT2D eigenvalue weighted by Gasteiger charge is 2.14. The van der Waals surface area contributed by atoms with E-state index in [-0.39, 0.29) is 11.6 Å². The van der Waals surface area contributed by atoms with Gasteiger partial charge in [-0.15, -0.1) is 0 Å². The van der Waals surface area contributed by atoms with E-state index in [9.17, 15) is 5.11 Å². The van der Waals surface area contributed by atoms with Gasteiger partial charge >= 0.3 is 0 Å². The zero-order valence-electron chi connectivity index (χ0n) is 8.82. The van der Waals surface area contributed by atoms with Crippen LogP contribution in [-0.2, 0) is 0 Å². The quantitative estimate of drug-likeness (QED) is 0.685. The molecule has 0 unspecified atom stereocenters. The summed E-state index contributed by atoms with van der Waals surface area (Å²) < 4.78 is 0. The molecule has 0 radical (unpaired) electrons. The second-order valence-corrected chi connectivity index (χ2v) is 4.00. The molecule has 0 amide bonds. The van der Waals surface area contributed by atoms with Crippen LogP contribution in [0.5, 0.6) is 0 Å². The first kappa shape index (κ1) is 10.1. The standard InChI is InChI=1S/C11H17N3O/c12-11-10(15)9(4-5-13-11)8-14-6-2-1-3-7-14/h5,8,15H,1-4,6-7,12H2. The van der Waals surface area contributed by atoms with Crippen LogP contribution in [0.2, 0.25) is 0 Å². The Morgan fingerprint density at radius 2 is 2.07 bits per heavy atom. The topological polar surface area (TPSA) is 61.9 Å². The second kappa shape index (κ2) is 4.38. The maximum absolute atomic E-state index is 9.71. The minimum absolute atomic E-state index is 0.142. The van der Waals surface area contributed by atoms with E-state index in [2.05, 4.69) is 9.89 Å². The van der Waals surface area contributed by atoms with Crippen molar-refractivity contribution in [3.05, 3.63) is 23.4 Å². The summed E-state index contributed by atoms with van der Waals surface area (Å²) in [5.74, 6) is 0.368. The van der Waals surface area contributed by atoms with Gasteiger partial charge < -0.3 is 15.7 Å². The van der Waals surface area contributed by atoms with Gasteiger partial charge in [0.1, 0.15) is 0 Å². The predicted molar refractivity (Wildman–Crippen MR) is 60.5 cm³/mol.